The monoisotopic (exact) mass is 305 g/mol. The second-order valence-electron chi connectivity index (χ2n) is 4.59. The number of rotatable bonds is 2. The van der Waals surface area contributed by atoms with Gasteiger partial charge in [-0.3, -0.25) is 0 Å². The lowest BCUT2D eigenvalue weighted by Crippen LogP contribution is -2.45. The summed E-state index contributed by atoms with van der Waals surface area (Å²) in [5, 5.41) is 13.4. The number of halogens is 1. The van der Waals surface area contributed by atoms with Crippen molar-refractivity contribution in [2.24, 2.45) is 0 Å². The van der Waals surface area contributed by atoms with Gasteiger partial charge in [-0.2, -0.15) is 0 Å². The van der Waals surface area contributed by atoms with E-state index in [1.54, 1.807) is 0 Å². The van der Waals surface area contributed by atoms with E-state index in [2.05, 4.69) is 34.8 Å². The third-order valence-corrected chi connectivity index (χ3v) is 5.00. The third-order valence-electron chi connectivity index (χ3n) is 3.25. The van der Waals surface area contributed by atoms with Crippen LogP contribution in [0.15, 0.2) is 9.98 Å². The minimum atomic E-state index is -0.820. The summed E-state index contributed by atoms with van der Waals surface area (Å²) in [6.07, 6.45) is 2.15. The number of ether oxygens (including phenoxy) is 1. The van der Waals surface area contributed by atoms with E-state index in [0.29, 0.717) is 19.4 Å². The number of thiazole rings is 1. The van der Waals surface area contributed by atoms with Crippen LogP contribution in [-0.4, -0.2) is 22.3 Å². The molecule has 0 aliphatic carbocycles. The average molecular weight is 306 g/mol. The first kappa shape index (κ1) is 12.5. The number of aromatic nitrogens is 1. The SMILES string of the molecule is CCC1(C)CC(O)(c2nc(Br)cs2)CCO1. The van der Waals surface area contributed by atoms with Crippen molar-refractivity contribution in [2.45, 2.75) is 44.3 Å². The molecular formula is C11H16BrNO2S. The Balaban J connectivity index is 2.25. The maximum Gasteiger partial charge on any atom is 0.126 e. The molecule has 0 aromatic carbocycles. The highest BCUT2D eigenvalue weighted by atomic mass is 79.9. The largest absolute Gasteiger partial charge is 0.382 e. The molecule has 90 valence electrons. The number of aliphatic hydroxyl groups is 1. The molecule has 16 heavy (non-hydrogen) atoms. The maximum absolute atomic E-state index is 10.7. The molecule has 0 spiro atoms. The van der Waals surface area contributed by atoms with E-state index in [0.717, 1.165) is 16.0 Å². The van der Waals surface area contributed by atoms with Crippen molar-refractivity contribution in [2.75, 3.05) is 6.61 Å². The van der Waals surface area contributed by atoms with Crippen LogP contribution in [0.5, 0.6) is 0 Å². The second-order valence-corrected chi connectivity index (χ2v) is 6.26. The minimum Gasteiger partial charge on any atom is -0.382 e. The molecule has 0 saturated carbocycles. The van der Waals surface area contributed by atoms with Crippen LogP contribution >= 0.6 is 27.3 Å². The third kappa shape index (κ3) is 2.32. The molecule has 2 atom stereocenters. The highest BCUT2D eigenvalue weighted by Crippen LogP contribution is 2.42. The smallest absolute Gasteiger partial charge is 0.126 e. The molecule has 1 aliphatic heterocycles. The summed E-state index contributed by atoms with van der Waals surface area (Å²) in [6, 6.07) is 0. The fraction of sp³-hybridized carbons (Fsp3) is 0.727. The van der Waals surface area contributed by atoms with E-state index in [4.69, 9.17) is 4.74 Å². The highest BCUT2D eigenvalue weighted by Gasteiger charge is 2.44. The van der Waals surface area contributed by atoms with E-state index < -0.39 is 5.60 Å². The molecule has 1 saturated heterocycles. The fourth-order valence-electron chi connectivity index (χ4n) is 2.10. The first-order chi connectivity index (χ1) is 7.47. The van der Waals surface area contributed by atoms with E-state index in [-0.39, 0.29) is 5.60 Å². The molecule has 1 fully saturated rings. The molecule has 1 N–H and O–H groups in total. The standard InChI is InChI=1S/C11H16BrNO2S/c1-3-10(2)7-11(14,4-5-15-10)9-13-8(12)6-16-9/h6,14H,3-5,7H2,1-2H3. The van der Waals surface area contributed by atoms with Crippen molar-refractivity contribution in [1.82, 2.24) is 4.98 Å². The first-order valence-electron chi connectivity index (χ1n) is 5.45. The highest BCUT2D eigenvalue weighted by molar-refractivity contribution is 9.10. The van der Waals surface area contributed by atoms with E-state index in [1.807, 2.05) is 5.38 Å². The van der Waals surface area contributed by atoms with Crippen molar-refractivity contribution in [3.63, 3.8) is 0 Å². The molecule has 0 amide bonds. The zero-order chi connectivity index (χ0) is 11.8. The summed E-state index contributed by atoms with van der Waals surface area (Å²) < 4.78 is 6.54. The molecule has 1 aromatic rings. The van der Waals surface area contributed by atoms with Gasteiger partial charge in [-0.05, 0) is 29.3 Å². The lowest BCUT2D eigenvalue weighted by Gasteiger charge is -2.42. The van der Waals surface area contributed by atoms with Crippen LogP contribution in [0, 0.1) is 0 Å². The number of hydrogen-bond acceptors (Lipinski definition) is 4. The number of nitrogens with zero attached hydrogens (tertiary/aromatic N) is 1. The Kier molecular flexibility index (Phi) is 3.41. The predicted octanol–water partition coefficient (Wildman–Crippen LogP) is 3.07. The minimum absolute atomic E-state index is 0.231. The van der Waals surface area contributed by atoms with Gasteiger partial charge in [0, 0.05) is 18.2 Å². The molecule has 0 radical (unpaired) electrons. The van der Waals surface area contributed by atoms with Crippen LogP contribution in [0.4, 0.5) is 0 Å². The summed E-state index contributed by atoms with van der Waals surface area (Å²) >= 11 is 4.83. The van der Waals surface area contributed by atoms with Gasteiger partial charge in [-0.15, -0.1) is 11.3 Å². The maximum atomic E-state index is 10.7. The first-order valence-corrected chi connectivity index (χ1v) is 7.13. The van der Waals surface area contributed by atoms with Crippen LogP contribution < -0.4 is 0 Å². The molecule has 2 unspecified atom stereocenters. The Hall–Kier alpha value is 0.0300. The summed E-state index contributed by atoms with van der Waals surface area (Å²) in [4.78, 5) is 4.34. The van der Waals surface area contributed by atoms with E-state index in [1.165, 1.54) is 11.3 Å². The number of hydrogen-bond donors (Lipinski definition) is 1. The predicted molar refractivity (Wildman–Crippen MR) is 67.6 cm³/mol. The normalized spacial score (nSPS) is 35.2. The van der Waals surface area contributed by atoms with Gasteiger partial charge in [0.1, 0.15) is 15.2 Å². The van der Waals surface area contributed by atoms with E-state index >= 15 is 0 Å². The Labute approximate surface area is 108 Å². The van der Waals surface area contributed by atoms with Crippen molar-refractivity contribution in [3.8, 4) is 0 Å². The lowest BCUT2D eigenvalue weighted by molar-refractivity contribution is -0.157. The van der Waals surface area contributed by atoms with Crippen LogP contribution in [0.2, 0.25) is 0 Å². The Morgan fingerprint density at radius 1 is 1.69 bits per heavy atom. The zero-order valence-electron chi connectivity index (χ0n) is 9.49. The van der Waals surface area contributed by atoms with Gasteiger partial charge in [0.05, 0.1) is 12.2 Å². The molecule has 0 bridgehead atoms. The Bertz CT molecular complexity index is 384. The topological polar surface area (TPSA) is 42.4 Å². The average Bonchev–Trinajstić information content (AvgIpc) is 2.65. The molecule has 2 rings (SSSR count). The van der Waals surface area contributed by atoms with Crippen molar-refractivity contribution in [1.29, 1.82) is 0 Å². The Morgan fingerprint density at radius 2 is 2.44 bits per heavy atom. The van der Waals surface area contributed by atoms with Crippen molar-refractivity contribution in [3.05, 3.63) is 15.0 Å². The summed E-state index contributed by atoms with van der Waals surface area (Å²) in [5.41, 5.74) is -1.05. The molecular weight excluding hydrogens is 290 g/mol. The quantitative estimate of drug-likeness (QED) is 0.913. The second kappa shape index (κ2) is 4.37. The summed E-state index contributed by atoms with van der Waals surface area (Å²) in [5.74, 6) is 0. The van der Waals surface area contributed by atoms with Gasteiger partial charge >= 0.3 is 0 Å². The Morgan fingerprint density at radius 3 is 3.00 bits per heavy atom. The summed E-state index contributed by atoms with van der Waals surface area (Å²) in [6.45, 7) is 4.74. The van der Waals surface area contributed by atoms with Gasteiger partial charge in [-0.25, -0.2) is 4.98 Å². The van der Waals surface area contributed by atoms with E-state index in [9.17, 15) is 5.11 Å². The van der Waals surface area contributed by atoms with Gasteiger partial charge in [0.2, 0.25) is 0 Å². The van der Waals surface area contributed by atoms with Gasteiger partial charge in [0.15, 0.2) is 0 Å². The van der Waals surface area contributed by atoms with Crippen LogP contribution in [0.1, 0.15) is 38.1 Å². The van der Waals surface area contributed by atoms with Crippen LogP contribution in [0.25, 0.3) is 0 Å². The van der Waals surface area contributed by atoms with Crippen molar-refractivity contribution >= 4 is 27.3 Å². The molecule has 3 nitrogen and oxygen atoms in total. The molecule has 5 heteroatoms. The van der Waals surface area contributed by atoms with Gasteiger partial charge < -0.3 is 9.84 Å². The van der Waals surface area contributed by atoms with Gasteiger partial charge in [-0.1, -0.05) is 6.92 Å². The molecule has 1 aromatic heterocycles. The van der Waals surface area contributed by atoms with Crippen LogP contribution in [-0.2, 0) is 10.3 Å². The van der Waals surface area contributed by atoms with Gasteiger partial charge in [0.25, 0.3) is 0 Å². The fourth-order valence-corrected chi connectivity index (χ4v) is 3.48. The summed E-state index contributed by atoms with van der Waals surface area (Å²) in [7, 11) is 0. The zero-order valence-corrected chi connectivity index (χ0v) is 11.9. The lowest BCUT2D eigenvalue weighted by atomic mass is 9.82. The van der Waals surface area contributed by atoms with Crippen LogP contribution in [0.3, 0.4) is 0 Å². The molecule has 1 aliphatic rings. The van der Waals surface area contributed by atoms with Crippen molar-refractivity contribution < 1.29 is 9.84 Å². The molecule has 2 heterocycles.